The molecule has 4 heteroatoms. The summed E-state index contributed by atoms with van der Waals surface area (Å²) in [6.07, 6.45) is 0.230. The van der Waals surface area contributed by atoms with Gasteiger partial charge in [-0.05, 0) is 0 Å². The standard InChI is InChI=1S/C10H20N2O2/c1-10(7-13-8-10)6-12-2-3-14-9(4-11)5-12/h9H,2-8,11H2,1H3. The first kappa shape index (κ1) is 10.4. The molecule has 4 nitrogen and oxygen atoms in total. The van der Waals surface area contributed by atoms with Crippen molar-refractivity contribution in [3.05, 3.63) is 0 Å². The fourth-order valence-corrected chi connectivity index (χ4v) is 2.15. The van der Waals surface area contributed by atoms with Crippen molar-refractivity contribution in [1.82, 2.24) is 4.90 Å². The van der Waals surface area contributed by atoms with Gasteiger partial charge in [-0.15, -0.1) is 0 Å². The van der Waals surface area contributed by atoms with Crippen LogP contribution in [0, 0.1) is 5.41 Å². The van der Waals surface area contributed by atoms with E-state index in [1.165, 1.54) is 0 Å². The average Bonchev–Trinajstić information content (AvgIpc) is 2.16. The van der Waals surface area contributed by atoms with Crippen LogP contribution >= 0.6 is 0 Å². The molecule has 0 aromatic heterocycles. The third-order valence-electron chi connectivity index (χ3n) is 2.99. The Morgan fingerprint density at radius 2 is 2.29 bits per heavy atom. The summed E-state index contributed by atoms with van der Waals surface area (Å²) in [5.74, 6) is 0. The molecule has 2 aliphatic rings. The highest BCUT2D eigenvalue weighted by atomic mass is 16.5. The maximum Gasteiger partial charge on any atom is 0.0824 e. The Morgan fingerprint density at radius 1 is 1.50 bits per heavy atom. The second-order valence-corrected chi connectivity index (χ2v) is 4.77. The Morgan fingerprint density at radius 3 is 2.86 bits per heavy atom. The van der Waals surface area contributed by atoms with Gasteiger partial charge in [0.05, 0.1) is 25.9 Å². The van der Waals surface area contributed by atoms with Gasteiger partial charge in [0.2, 0.25) is 0 Å². The average molecular weight is 200 g/mol. The predicted molar refractivity (Wildman–Crippen MR) is 54.2 cm³/mol. The van der Waals surface area contributed by atoms with Crippen LogP contribution in [0.4, 0.5) is 0 Å². The van der Waals surface area contributed by atoms with Gasteiger partial charge in [0.15, 0.2) is 0 Å². The zero-order valence-electron chi connectivity index (χ0n) is 8.87. The van der Waals surface area contributed by atoms with Crippen LogP contribution in [-0.4, -0.2) is 57.0 Å². The van der Waals surface area contributed by atoms with E-state index in [0.29, 0.717) is 12.0 Å². The number of ether oxygens (including phenoxy) is 2. The van der Waals surface area contributed by atoms with E-state index in [-0.39, 0.29) is 6.10 Å². The molecule has 0 aliphatic carbocycles. The van der Waals surface area contributed by atoms with E-state index in [9.17, 15) is 0 Å². The molecule has 0 bridgehead atoms. The van der Waals surface area contributed by atoms with Gasteiger partial charge in [-0.1, -0.05) is 6.92 Å². The lowest BCUT2D eigenvalue weighted by Gasteiger charge is -2.43. The van der Waals surface area contributed by atoms with Crippen molar-refractivity contribution >= 4 is 0 Å². The number of morpholine rings is 1. The molecule has 2 heterocycles. The van der Waals surface area contributed by atoms with Gasteiger partial charge in [0.1, 0.15) is 0 Å². The zero-order valence-corrected chi connectivity index (χ0v) is 8.87. The molecule has 2 fully saturated rings. The molecule has 0 radical (unpaired) electrons. The van der Waals surface area contributed by atoms with Crippen LogP contribution in [0.25, 0.3) is 0 Å². The minimum atomic E-state index is 0.230. The van der Waals surface area contributed by atoms with Crippen LogP contribution in [0.1, 0.15) is 6.92 Å². The molecule has 82 valence electrons. The topological polar surface area (TPSA) is 47.7 Å². The number of rotatable bonds is 3. The summed E-state index contributed by atoms with van der Waals surface area (Å²) in [5, 5.41) is 0. The maximum atomic E-state index is 5.60. The molecule has 14 heavy (non-hydrogen) atoms. The first-order valence-corrected chi connectivity index (χ1v) is 5.34. The summed E-state index contributed by atoms with van der Waals surface area (Å²) < 4.78 is 10.8. The summed E-state index contributed by atoms with van der Waals surface area (Å²) in [6, 6.07) is 0. The van der Waals surface area contributed by atoms with Crippen molar-refractivity contribution in [1.29, 1.82) is 0 Å². The summed E-state index contributed by atoms with van der Waals surface area (Å²) in [5.41, 5.74) is 5.97. The molecule has 0 spiro atoms. The van der Waals surface area contributed by atoms with Crippen molar-refractivity contribution in [2.75, 3.05) is 46.0 Å². The van der Waals surface area contributed by atoms with Gasteiger partial charge in [0.25, 0.3) is 0 Å². The van der Waals surface area contributed by atoms with E-state index in [2.05, 4.69) is 11.8 Å². The van der Waals surface area contributed by atoms with Gasteiger partial charge in [-0.2, -0.15) is 0 Å². The van der Waals surface area contributed by atoms with Gasteiger partial charge in [0, 0.05) is 31.6 Å². The van der Waals surface area contributed by atoms with Gasteiger partial charge in [-0.3, -0.25) is 4.90 Å². The Hall–Kier alpha value is -0.160. The van der Waals surface area contributed by atoms with Gasteiger partial charge < -0.3 is 15.2 Å². The highest BCUT2D eigenvalue weighted by Gasteiger charge is 2.36. The van der Waals surface area contributed by atoms with Crippen molar-refractivity contribution in [3.63, 3.8) is 0 Å². The first-order chi connectivity index (χ1) is 6.72. The molecular formula is C10H20N2O2. The lowest BCUT2D eigenvalue weighted by Crippen LogP contribution is -2.54. The molecule has 2 saturated heterocycles. The van der Waals surface area contributed by atoms with Crippen LogP contribution in [0.15, 0.2) is 0 Å². The van der Waals surface area contributed by atoms with Crippen molar-refractivity contribution in [2.45, 2.75) is 13.0 Å². The maximum absolute atomic E-state index is 5.60. The van der Waals surface area contributed by atoms with E-state index in [0.717, 1.165) is 39.5 Å². The number of hydrogen-bond donors (Lipinski definition) is 1. The Kier molecular flexibility index (Phi) is 3.07. The van der Waals surface area contributed by atoms with Crippen molar-refractivity contribution < 1.29 is 9.47 Å². The highest BCUT2D eigenvalue weighted by Crippen LogP contribution is 2.28. The Balaban J connectivity index is 1.79. The summed E-state index contributed by atoms with van der Waals surface area (Å²) >= 11 is 0. The molecule has 2 N–H and O–H groups in total. The van der Waals surface area contributed by atoms with Crippen LogP contribution in [0.2, 0.25) is 0 Å². The smallest absolute Gasteiger partial charge is 0.0824 e. The number of hydrogen-bond acceptors (Lipinski definition) is 4. The molecule has 0 saturated carbocycles. The molecule has 2 rings (SSSR count). The third-order valence-corrected chi connectivity index (χ3v) is 2.99. The quantitative estimate of drug-likeness (QED) is 0.678. The second-order valence-electron chi connectivity index (χ2n) is 4.77. The minimum Gasteiger partial charge on any atom is -0.380 e. The van der Waals surface area contributed by atoms with Crippen LogP contribution in [0.5, 0.6) is 0 Å². The molecule has 1 unspecified atom stereocenters. The largest absolute Gasteiger partial charge is 0.380 e. The van der Waals surface area contributed by atoms with E-state index in [1.807, 2.05) is 0 Å². The zero-order chi connectivity index (χ0) is 10.0. The normalized spacial score (nSPS) is 32.6. The fraction of sp³-hybridized carbons (Fsp3) is 1.00. The van der Waals surface area contributed by atoms with Crippen LogP contribution < -0.4 is 5.73 Å². The van der Waals surface area contributed by atoms with Crippen molar-refractivity contribution in [2.24, 2.45) is 11.1 Å². The second kappa shape index (κ2) is 4.14. The molecular weight excluding hydrogens is 180 g/mol. The van der Waals surface area contributed by atoms with E-state index in [1.54, 1.807) is 0 Å². The van der Waals surface area contributed by atoms with Gasteiger partial charge >= 0.3 is 0 Å². The van der Waals surface area contributed by atoms with E-state index < -0.39 is 0 Å². The van der Waals surface area contributed by atoms with E-state index >= 15 is 0 Å². The monoisotopic (exact) mass is 200 g/mol. The summed E-state index contributed by atoms with van der Waals surface area (Å²) in [6.45, 7) is 8.66. The van der Waals surface area contributed by atoms with Crippen LogP contribution in [0.3, 0.4) is 0 Å². The fourth-order valence-electron chi connectivity index (χ4n) is 2.15. The summed E-state index contributed by atoms with van der Waals surface area (Å²) in [7, 11) is 0. The number of nitrogens with zero attached hydrogens (tertiary/aromatic N) is 1. The molecule has 1 atom stereocenters. The molecule has 0 aromatic rings. The Bertz CT molecular complexity index is 195. The molecule has 2 aliphatic heterocycles. The lowest BCUT2D eigenvalue weighted by atomic mass is 9.88. The van der Waals surface area contributed by atoms with Gasteiger partial charge in [-0.25, -0.2) is 0 Å². The van der Waals surface area contributed by atoms with Crippen LogP contribution in [-0.2, 0) is 9.47 Å². The van der Waals surface area contributed by atoms with Crippen molar-refractivity contribution in [3.8, 4) is 0 Å². The lowest BCUT2D eigenvalue weighted by molar-refractivity contribution is -0.128. The third kappa shape index (κ3) is 2.25. The SMILES string of the molecule is CC1(CN2CCOC(CN)C2)COC1. The minimum absolute atomic E-state index is 0.230. The highest BCUT2D eigenvalue weighted by molar-refractivity contribution is 4.86. The first-order valence-electron chi connectivity index (χ1n) is 5.34. The van der Waals surface area contributed by atoms with E-state index in [4.69, 9.17) is 15.2 Å². The predicted octanol–water partition coefficient (Wildman–Crippen LogP) is -0.318. The Labute approximate surface area is 85.3 Å². The number of nitrogens with two attached hydrogens (primary N) is 1. The molecule has 0 amide bonds. The molecule has 0 aromatic carbocycles. The summed E-state index contributed by atoms with van der Waals surface area (Å²) in [4.78, 5) is 2.45.